The Balaban J connectivity index is 1.48. The Labute approximate surface area is 287 Å². The summed E-state index contributed by atoms with van der Waals surface area (Å²) in [4.78, 5) is 26.9. The fourth-order valence-corrected chi connectivity index (χ4v) is 5.22. The number of phenols is 2. The molecule has 4 rings (SSSR count). The second-order valence-electron chi connectivity index (χ2n) is 12.3. The first kappa shape index (κ1) is 38.5. The molecular formula is C35H42O15. The molecule has 0 bridgehead atoms. The van der Waals surface area contributed by atoms with Crippen molar-refractivity contribution in [3.05, 3.63) is 89.5 Å². The normalized spacial score (nSPS) is 24.2. The molecule has 0 amide bonds. The van der Waals surface area contributed by atoms with Gasteiger partial charge in [0.15, 0.2) is 5.60 Å². The van der Waals surface area contributed by atoms with Crippen LogP contribution in [0.5, 0.6) is 17.2 Å². The van der Waals surface area contributed by atoms with Gasteiger partial charge in [0.25, 0.3) is 0 Å². The van der Waals surface area contributed by atoms with Crippen molar-refractivity contribution in [2.45, 2.75) is 87.4 Å². The zero-order valence-corrected chi connectivity index (χ0v) is 27.3. The number of aromatic hydroxyl groups is 2. The summed E-state index contributed by atoms with van der Waals surface area (Å²) in [5.41, 5.74) is -3.90. The number of benzene rings is 3. The molecule has 1 aliphatic rings. The van der Waals surface area contributed by atoms with E-state index in [1.54, 1.807) is 0 Å². The summed E-state index contributed by atoms with van der Waals surface area (Å²) in [5, 5.41) is 92.2. The van der Waals surface area contributed by atoms with Gasteiger partial charge in [0.1, 0.15) is 54.4 Å². The summed E-state index contributed by atoms with van der Waals surface area (Å²) in [6.45, 7) is 1.38. The standard InChI is InChI=1S/C35H42O15/c1-19(37)34(45,15-21-3-9-24(38)10-4-21)33(44)48-20(2)35(46,16-22-5-11-25(39)12-6-22)32(43)47-18-23-7-13-26(14-8-23)49-31-30(42)29(41)28(40)27(17-36)50-31/h3-14,19-20,27-31,36-42,45-46H,15-18H2,1-2H3/t19-,20+,27+,28-,29-,30-,31-,34+,35+/m1/s1. The summed E-state index contributed by atoms with van der Waals surface area (Å²) in [6.07, 6.45) is -11.6. The maximum absolute atomic E-state index is 13.5. The summed E-state index contributed by atoms with van der Waals surface area (Å²) in [5.74, 6) is -2.51. The molecule has 3 aromatic carbocycles. The molecule has 0 aromatic heterocycles. The van der Waals surface area contributed by atoms with E-state index in [9.17, 15) is 55.5 Å². The number of hydrogen-bond acceptors (Lipinski definition) is 15. The van der Waals surface area contributed by atoms with Gasteiger partial charge in [0.05, 0.1) is 12.7 Å². The third-order valence-electron chi connectivity index (χ3n) is 8.57. The number of rotatable bonds is 14. The highest BCUT2D eigenvalue weighted by Crippen LogP contribution is 2.29. The molecule has 272 valence electrons. The van der Waals surface area contributed by atoms with Crippen molar-refractivity contribution in [2.24, 2.45) is 0 Å². The summed E-state index contributed by atoms with van der Waals surface area (Å²) >= 11 is 0. The lowest BCUT2D eigenvalue weighted by atomic mass is 9.87. The second kappa shape index (κ2) is 16.1. The van der Waals surface area contributed by atoms with Crippen molar-refractivity contribution in [3.8, 4) is 17.2 Å². The lowest BCUT2D eigenvalue weighted by Crippen LogP contribution is -2.60. The van der Waals surface area contributed by atoms with Gasteiger partial charge in [-0.1, -0.05) is 36.4 Å². The van der Waals surface area contributed by atoms with Crippen molar-refractivity contribution in [3.63, 3.8) is 0 Å². The minimum Gasteiger partial charge on any atom is -0.508 e. The molecular weight excluding hydrogens is 660 g/mol. The number of esters is 2. The number of hydrogen-bond donors (Lipinski definition) is 9. The van der Waals surface area contributed by atoms with Crippen molar-refractivity contribution in [2.75, 3.05) is 6.61 Å². The van der Waals surface area contributed by atoms with E-state index in [1.165, 1.54) is 86.6 Å². The molecule has 0 unspecified atom stereocenters. The Morgan fingerprint density at radius 3 is 1.74 bits per heavy atom. The fourth-order valence-electron chi connectivity index (χ4n) is 5.22. The van der Waals surface area contributed by atoms with Gasteiger partial charge in [-0.05, 0) is 66.9 Å². The molecule has 1 aliphatic heterocycles. The molecule has 1 heterocycles. The number of carbonyl (C=O) groups is 2. The van der Waals surface area contributed by atoms with E-state index >= 15 is 0 Å². The molecule has 0 spiro atoms. The van der Waals surface area contributed by atoms with Gasteiger partial charge in [0.2, 0.25) is 11.9 Å². The first-order valence-electron chi connectivity index (χ1n) is 15.7. The van der Waals surface area contributed by atoms with Crippen LogP contribution in [-0.4, -0.2) is 119 Å². The average molecular weight is 703 g/mol. The number of phenolic OH excluding ortho intramolecular Hbond substituents is 2. The van der Waals surface area contributed by atoms with E-state index in [2.05, 4.69) is 0 Å². The van der Waals surface area contributed by atoms with E-state index in [0.717, 1.165) is 0 Å². The van der Waals surface area contributed by atoms with Crippen molar-refractivity contribution >= 4 is 11.9 Å². The van der Waals surface area contributed by atoms with E-state index in [0.29, 0.717) is 16.7 Å². The number of ether oxygens (including phenoxy) is 4. The Hall–Kier alpha value is -4.32. The third kappa shape index (κ3) is 8.88. The maximum atomic E-state index is 13.5. The second-order valence-corrected chi connectivity index (χ2v) is 12.3. The Kier molecular flexibility index (Phi) is 12.4. The van der Waals surface area contributed by atoms with Gasteiger partial charge in [-0.15, -0.1) is 0 Å². The molecule has 50 heavy (non-hydrogen) atoms. The highest BCUT2D eigenvalue weighted by atomic mass is 16.7. The Bertz CT molecular complexity index is 1560. The van der Waals surface area contributed by atoms with Crippen LogP contribution in [0.3, 0.4) is 0 Å². The fraction of sp³-hybridized carbons (Fsp3) is 0.429. The van der Waals surface area contributed by atoms with Crippen molar-refractivity contribution in [1.82, 2.24) is 0 Å². The van der Waals surface area contributed by atoms with Crippen LogP contribution in [0.1, 0.15) is 30.5 Å². The lowest BCUT2D eigenvalue weighted by molar-refractivity contribution is -0.277. The van der Waals surface area contributed by atoms with E-state index in [-0.39, 0.29) is 23.9 Å². The van der Waals surface area contributed by atoms with Crippen molar-refractivity contribution in [1.29, 1.82) is 0 Å². The molecule has 1 fully saturated rings. The highest BCUT2D eigenvalue weighted by Gasteiger charge is 2.50. The van der Waals surface area contributed by atoms with Crippen LogP contribution in [0.25, 0.3) is 0 Å². The zero-order chi connectivity index (χ0) is 36.8. The van der Waals surface area contributed by atoms with Gasteiger partial charge in [-0.25, -0.2) is 9.59 Å². The van der Waals surface area contributed by atoms with Gasteiger partial charge in [-0.3, -0.25) is 0 Å². The predicted molar refractivity (Wildman–Crippen MR) is 171 cm³/mol. The SMILES string of the molecule is C[C@H](OC(=O)[C@](O)(Cc1ccc(O)cc1)[C@@H](C)O)[C@@](O)(Cc1ccc(O)cc1)C(=O)OCc1ccc(O[C@@H]2O[C@@H](CO)[C@@H](O)[C@@H](O)[C@H]2O)cc1. The van der Waals surface area contributed by atoms with E-state index in [4.69, 9.17) is 18.9 Å². The maximum Gasteiger partial charge on any atom is 0.342 e. The summed E-state index contributed by atoms with van der Waals surface area (Å²) < 4.78 is 21.8. The monoisotopic (exact) mass is 702 g/mol. The molecule has 9 atom stereocenters. The molecule has 9 N–H and O–H groups in total. The minimum absolute atomic E-state index is 0.0549. The van der Waals surface area contributed by atoms with Gasteiger partial charge in [-0.2, -0.15) is 0 Å². The van der Waals surface area contributed by atoms with E-state index < -0.39 is 85.5 Å². The summed E-state index contributed by atoms with van der Waals surface area (Å²) in [7, 11) is 0. The van der Waals surface area contributed by atoms with Crippen LogP contribution >= 0.6 is 0 Å². The molecule has 1 saturated heterocycles. The first-order chi connectivity index (χ1) is 23.6. The van der Waals surface area contributed by atoms with Gasteiger partial charge < -0.3 is 64.9 Å². The van der Waals surface area contributed by atoms with Crippen LogP contribution < -0.4 is 4.74 Å². The molecule has 0 aliphatic carbocycles. The largest absolute Gasteiger partial charge is 0.508 e. The third-order valence-corrected chi connectivity index (χ3v) is 8.57. The molecule has 3 aromatic rings. The predicted octanol–water partition coefficient (Wildman–Crippen LogP) is -0.420. The lowest BCUT2D eigenvalue weighted by Gasteiger charge is -2.39. The molecule has 15 nitrogen and oxygen atoms in total. The Morgan fingerprint density at radius 1 is 0.740 bits per heavy atom. The number of aliphatic hydroxyl groups excluding tert-OH is 5. The van der Waals surface area contributed by atoms with Crippen LogP contribution in [0.15, 0.2) is 72.8 Å². The molecule has 0 radical (unpaired) electrons. The van der Waals surface area contributed by atoms with Gasteiger partial charge in [0, 0.05) is 12.8 Å². The topological polar surface area (TPSA) is 253 Å². The Morgan fingerprint density at radius 2 is 1.24 bits per heavy atom. The molecule has 0 saturated carbocycles. The first-order valence-corrected chi connectivity index (χ1v) is 15.7. The minimum atomic E-state index is -2.53. The summed E-state index contributed by atoms with van der Waals surface area (Å²) in [6, 6.07) is 16.9. The van der Waals surface area contributed by atoms with Crippen LogP contribution in [-0.2, 0) is 43.2 Å². The van der Waals surface area contributed by atoms with Crippen molar-refractivity contribution < 1.29 is 74.5 Å². The van der Waals surface area contributed by atoms with Crippen LogP contribution in [0, 0.1) is 0 Å². The molecule has 15 heteroatoms. The smallest absolute Gasteiger partial charge is 0.342 e. The number of carbonyl (C=O) groups excluding carboxylic acids is 2. The number of aliphatic hydroxyl groups is 7. The van der Waals surface area contributed by atoms with Crippen LogP contribution in [0.2, 0.25) is 0 Å². The zero-order valence-electron chi connectivity index (χ0n) is 27.3. The quantitative estimate of drug-likeness (QED) is 0.0968. The van der Waals surface area contributed by atoms with Crippen LogP contribution in [0.4, 0.5) is 0 Å². The highest BCUT2D eigenvalue weighted by molar-refractivity contribution is 5.84. The average Bonchev–Trinajstić information content (AvgIpc) is 3.09. The van der Waals surface area contributed by atoms with Gasteiger partial charge >= 0.3 is 11.9 Å². The van der Waals surface area contributed by atoms with E-state index in [1.807, 2.05) is 0 Å².